The van der Waals surface area contributed by atoms with Gasteiger partial charge in [-0.1, -0.05) is 30.3 Å². The van der Waals surface area contributed by atoms with Crippen LogP contribution < -0.4 is 0 Å². The summed E-state index contributed by atoms with van der Waals surface area (Å²) >= 11 is 14.2. The lowest BCUT2D eigenvalue weighted by Gasteiger charge is -2.37. The molecule has 2 fully saturated rings. The molecule has 0 bridgehead atoms. The lowest BCUT2D eigenvalue weighted by Crippen LogP contribution is -2.45. The van der Waals surface area contributed by atoms with Crippen LogP contribution in [0.2, 0.25) is 0 Å². The molecule has 2 nitrogen and oxygen atoms in total. The van der Waals surface area contributed by atoms with Gasteiger partial charge in [0.05, 0.1) is 11.5 Å². The largest absolute Gasteiger partial charge is 0.333 e. The van der Waals surface area contributed by atoms with Crippen LogP contribution in [0.5, 0.6) is 0 Å². The highest BCUT2D eigenvalue weighted by Crippen LogP contribution is 2.65. The molecule has 2 aliphatic rings. The van der Waals surface area contributed by atoms with E-state index in [9.17, 15) is 4.79 Å². The van der Waals surface area contributed by atoms with Gasteiger partial charge < -0.3 is 4.90 Å². The average molecular weight is 330 g/mol. The molecule has 1 heterocycles. The van der Waals surface area contributed by atoms with E-state index in [4.69, 9.17) is 23.2 Å². The number of halogens is 2. The van der Waals surface area contributed by atoms with Gasteiger partial charge in [0, 0.05) is 18.1 Å². The van der Waals surface area contributed by atoms with Crippen LogP contribution in [0.4, 0.5) is 0 Å². The van der Waals surface area contributed by atoms with Gasteiger partial charge in [-0.3, -0.25) is 4.79 Å². The third-order valence-electron chi connectivity index (χ3n) is 4.30. The van der Waals surface area contributed by atoms with Crippen LogP contribution in [0.25, 0.3) is 0 Å². The van der Waals surface area contributed by atoms with E-state index >= 15 is 0 Å². The minimum absolute atomic E-state index is 0.0941. The van der Waals surface area contributed by atoms with Crippen LogP contribution in [0.3, 0.4) is 0 Å². The minimum atomic E-state index is -0.893. The molecular formula is C15H17Cl2NOS. The van der Waals surface area contributed by atoms with Crippen molar-refractivity contribution in [3.8, 4) is 0 Å². The van der Waals surface area contributed by atoms with E-state index in [2.05, 4.69) is 12.1 Å². The molecular weight excluding hydrogens is 313 g/mol. The van der Waals surface area contributed by atoms with Crippen molar-refractivity contribution in [3.05, 3.63) is 35.9 Å². The van der Waals surface area contributed by atoms with Gasteiger partial charge in [0.2, 0.25) is 5.91 Å². The fourth-order valence-corrected chi connectivity index (χ4v) is 4.53. The van der Waals surface area contributed by atoms with Crippen molar-refractivity contribution in [1.82, 2.24) is 4.90 Å². The minimum Gasteiger partial charge on any atom is -0.333 e. The first-order chi connectivity index (χ1) is 9.46. The Kier molecular flexibility index (Phi) is 3.72. The normalized spacial score (nSPS) is 31.9. The van der Waals surface area contributed by atoms with Gasteiger partial charge in [-0.05, 0) is 18.9 Å². The summed E-state index contributed by atoms with van der Waals surface area (Å²) in [6.45, 7) is 2.64. The highest BCUT2D eigenvalue weighted by Gasteiger charge is 2.69. The standard InChI is InChI=1S/C15H17Cl2NOS/c1-14(10-15(14,16)17)13(19)18-7-8-20-9-12(18)11-5-3-2-4-6-11/h2-6,12H,7-10H2,1H3/t12-,14+/m1/s1. The number of hydrogen-bond acceptors (Lipinski definition) is 2. The van der Waals surface area contributed by atoms with Crippen molar-refractivity contribution in [1.29, 1.82) is 0 Å². The van der Waals surface area contributed by atoms with Gasteiger partial charge in [0.1, 0.15) is 4.33 Å². The Morgan fingerprint density at radius 1 is 1.35 bits per heavy atom. The van der Waals surface area contributed by atoms with Gasteiger partial charge >= 0.3 is 0 Å². The van der Waals surface area contributed by atoms with E-state index in [0.717, 1.165) is 18.1 Å². The maximum atomic E-state index is 12.8. The molecule has 1 saturated heterocycles. The molecule has 1 aromatic rings. The summed E-state index contributed by atoms with van der Waals surface area (Å²) in [6.07, 6.45) is 0.549. The third-order valence-corrected chi connectivity index (χ3v) is 6.43. The van der Waals surface area contributed by atoms with Crippen molar-refractivity contribution in [2.24, 2.45) is 5.41 Å². The molecule has 1 saturated carbocycles. The summed E-state index contributed by atoms with van der Waals surface area (Å²) in [7, 11) is 0. The maximum Gasteiger partial charge on any atom is 0.232 e. The predicted molar refractivity (Wildman–Crippen MR) is 85.4 cm³/mol. The van der Waals surface area contributed by atoms with E-state index in [1.165, 1.54) is 5.56 Å². The molecule has 108 valence electrons. The monoisotopic (exact) mass is 329 g/mol. The lowest BCUT2D eigenvalue weighted by molar-refractivity contribution is -0.138. The van der Waals surface area contributed by atoms with Crippen LogP contribution in [0.15, 0.2) is 30.3 Å². The predicted octanol–water partition coefficient (Wildman–Crippen LogP) is 3.89. The molecule has 0 unspecified atom stereocenters. The second-order valence-corrected chi connectivity index (χ2v) is 8.35. The maximum absolute atomic E-state index is 12.8. The van der Waals surface area contributed by atoms with Crippen molar-refractivity contribution >= 4 is 40.9 Å². The summed E-state index contributed by atoms with van der Waals surface area (Å²) in [5.74, 6) is 2.00. The average Bonchev–Trinajstić information content (AvgIpc) is 2.99. The lowest BCUT2D eigenvalue weighted by atomic mass is 10.0. The van der Waals surface area contributed by atoms with E-state index in [0.29, 0.717) is 6.42 Å². The molecule has 20 heavy (non-hydrogen) atoms. The molecule has 0 aromatic heterocycles. The highest BCUT2D eigenvalue weighted by molar-refractivity contribution is 7.99. The molecule has 5 heteroatoms. The molecule has 0 spiro atoms. The van der Waals surface area contributed by atoms with E-state index in [-0.39, 0.29) is 11.9 Å². The fourth-order valence-electron chi connectivity index (χ4n) is 2.75. The van der Waals surface area contributed by atoms with Gasteiger partial charge in [-0.25, -0.2) is 0 Å². The number of alkyl halides is 2. The first-order valence-electron chi connectivity index (χ1n) is 6.77. The number of carbonyl (C=O) groups is 1. The number of carbonyl (C=O) groups excluding carboxylic acids is 1. The second-order valence-electron chi connectivity index (χ2n) is 5.71. The topological polar surface area (TPSA) is 20.3 Å². The summed E-state index contributed by atoms with van der Waals surface area (Å²) in [5.41, 5.74) is 0.567. The summed E-state index contributed by atoms with van der Waals surface area (Å²) in [4.78, 5) is 14.8. The van der Waals surface area contributed by atoms with Gasteiger partial charge in [-0.15, -0.1) is 23.2 Å². The number of benzene rings is 1. The van der Waals surface area contributed by atoms with Gasteiger partial charge in [0.25, 0.3) is 0 Å². The SMILES string of the molecule is C[C@@]1(C(=O)N2CCSC[C@@H]2c2ccccc2)CC1(Cl)Cl. The Bertz CT molecular complexity index is 522. The zero-order valence-electron chi connectivity index (χ0n) is 11.3. The van der Waals surface area contributed by atoms with Crippen LogP contribution in [-0.4, -0.2) is 33.2 Å². The summed E-state index contributed by atoms with van der Waals surface area (Å²) < 4.78 is -0.893. The van der Waals surface area contributed by atoms with E-state index in [1.54, 1.807) is 0 Å². The number of thioether (sulfide) groups is 1. The third kappa shape index (κ3) is 2.34. The van der Waals surface area contributed by atoms with E-state index in [1.807, 2.05) is 41.8 Å². The Morgan fingerprint density at radius 2 is 2.00 bits per heavy atom. The Morgan fingerprint density at radius 3 is 2.60 bits per heavy atom. The number of nitrogens with zero attached hydrogens (tertiary/aromatic N) is 1. The van der Waals surface area contributed by atoms with Crippen LogP contribution in [-0.2, 0) is 4.79 Å². The number of hydrogen-bond donors (Lipinski definition) is 0. The van der Waals surface area contributed by atoms with Gasteiger partial charge in [0.15, 0.2) is 0 Å². The smallest absolute Gasteiger partial charge is 0.232 e. The second kappa shape index (κ2) is 5.11. The van der Waals surface area contributed by atoms with Gasteiger partial charge in [-0.2, -0.15) is 11.8 Å². The molecule has 3 rings (SSSR count). The van der Waals surface area contributed by atoms with E-state index < -0.39 is 9.75 Å². The Balaban J connectivity index is 1.85. The highest BCUT2D eigenvalue weighted by atomic mass is 35.5. The molecule has 1 aliphatic carbocycles. The summed E-state index contributed by atoms with van der Waals surface area (Å²) in [6, 6.07) is 10.3. The van der Waals surface area contributed by atoms with Crippen molar-refractivity contribution in [3.63, 3.8) is 0 Å². The Labute approximate surface area is 133 Å². The first kappa shape index (κ1) is 14.6. The fraction of sp³-hybridized carbons (Fsp3) is 0.533. The zero-order chi connectivity index (χ0) is 14.4. The Hall–Kier alpha value is -0.380. The summed E-state index contributed by atoms with van der Waals surface area (Å²) in [5, 5.41) is 0. The molecule has 2 atom stereocenters. The van der Waals surface area contributed by atoms with Crippen molar-refractivity contribution < 1.29 is 4.79 Å². The quantitative estimate of drug-likeness (QED) is 0.767. The molecule has 1 amide bonds. The molecule has 0 N–H and O–H groups in total. The number of rotatable bonds is 2. The van der Waals surface area contributed by atoms with Crippen molar-refractivity contribution in [2.45, 2.75) is 23.7 Å². The van der Waals surface area contributed by atoms with Crippen molar-refractivity contribution in [2.75, 3.05) is 18.1 Å². The van der Waals surface area contributed by atoms with Crippen LogP contribution in [0.1, 0.15) is 24.9 Å². The first-order valence-corrected chi connectivity index (χ1v) is 8.68. The van der Waals surface area contributed by atoms with Crippen LogP contribution in [0, 0.1) is 5.41 Å². The molecule has 0 radical (unpaired) electrons. The molecule has 1 aromatic carbocycles. The van der Waals surface area contributed by atoms with Crippen LogP contribution >= 0.6 is 35.0 Å². The molecule has 1 aliphatic heterocycles. The zero-order valence-corrected chi connectivity index (χ0v) is 13.6. The number of amides is 1.